The molecule has 166 valence electrons. The highest BCUT2D eigenvalue weighted by molar-refractivity contribution is 5.95. The average Bonchev–Trinajstić information content (AvgIpc) is 2.70. The summed E-state index contributed by atoms with van der Waals surface area (Å²) < 4.78 is 20.2. The van der Waals surface area contributed by atoms with Gasteiger partial charge in [-0.25, -0.2) is 4.39 Å². The van der Waals surface area contributed by atoms with Gasteiger partial charge in [-0.3, -0.25) is 4.79 Å². The fraction of sp³-hybridized carbons (Fsp3) is 0.409. The number of rotatable bonds is 6. The van der Waals surface area contributed by atoms with Crippen molar-refractivity contribution in [3.63, 3.8) is 0 Å². The van der Waals surface area contributed by atoms with Crippen molar-refractivity contribution in [2.45, 2.75) is 25.3 Å². The molecule has 0 aromatic heterocycles. The van der Waals surface area contributed by atoms with E-state index < -0.39 is 5.82 Å². The van der Waals surface area contributed by atoms with Gasteiger partial charge < -0.3 is 20.3 Å². The van der Waals surface area contributed by atoms with Crippen molar-refractivity contribution in [3.05, 3.63) is 59.4 Å². The summed E-state index contributed by atoms with van der Waals surface area (Å²) in [6, 6.07) is 12.0. The molecule has 1 aliphatic heterocycles. The first-order valence-corrected chi connectivity index (χ1v) is 9.70. The number of carbonyl (C=O) groups is 1. The van der Waals surface area contributed by atoms with Crippen molar-refractivity contribution in [2.24, 2.45) is 5.73 Å². The molecule has 8 heteroatoms. The van der Waals surface area contributed by atoms with E-state index in [4.69, 9.17) is 10.5 Å². The van der Waals surface area contributed by atoms with Crippen LogP contribution in [-0.2, 0) is 6.42 Å². The quantitative estimate of drug-likeness (QED) is 0.708. The molecule has 1 aliphatic rings. The van der Waals surface area contributed by atoms with Crippen LogP contribution < -0.4 is 10.5 Å². The van der Waals surface area contributed by atoms with Gasteiger partial charge in [0.1, 0.15) is 17.3 Å². The molecule has 0 radical (unpaired) electrons. The standard InChI is InChI=1S/C22H28FN3O2.2ClH/c1-25-13-10-17(11-14-25)26(2)22(27)20-15-19(7-8-21(20)23)28-18-5-3-16(4-6-18)9-12-24;;/h3-8,15,17H,9-14,24H2,1-2H3;2*1H. The van der Waals surface area contributed by atoms with Crippen LogP contribution in [0.5, 0.6) is 11.5 Å². The number of hydrogen-bond acceptors (Lipinski definition) is 4. The van der Waals surface area contributed by atoms with E-state index in [0.717, 1.165) is 37.9 Å². The van der Waals surface area contributed by atoms with Crippen LogP contribution >= 0.6 is 24.8 Å². The first-order chi connectivity index (χ1) is 13.5. The first-order valence-electron chi connectivity index (χ1n) is 9.70. The summed E-state index contributed by atoms with van der Waals surface area (Å²) in [7, 11) is 3.82. The van der Waals surface area contributed by atoms with Crippen LogP contribution in [0.1, 0.15) is 28.8 Å². The maximum absolute atomic E-state index is 14.4. The SMILES string of the molecule is CN1CCC(N(C)C(=O)c2cc(Oc3ccc(CCN)cc3)ccc2F)CC1.Cl.Cl. The Morgan fingerprint density at radius 1 is 1.13 bits per heavy atom. The molecule has 2 aromatic carbocycles. The second kappa shape index (κ2) is 12.1. The van der Waals surface area contributed by atoms with E-state index in [1.165, 1.54) is 18.2 Å². The minimum Gasteiger partial charge on any atom is -0.457 e. The second-order valence-electron chi connectivity index (χ2n) is 7.38. The van der Waals surface area contributed by atoms with E-state index in [0.29, 0.717) is 18.0 Å². The molecule has 0 spiro atoms. The van der Waals surface area contributed by atoms with Crippen LogP contribution in [0.2, 0.25) is 0 Å². The van der Waals surface area contributed by atoms with E-state index in [-0.39, 0.29) is 42.3 Å². The van der Waals surface area contributed by atoms with E-state index in [2.05, 4.69) is 11.9 Å². The summed E-state index contributed by atoms with van der Waals surface area (Å²) in [4.78, 5) is 16.8. The monoisotopic (exact) mass is 457 g/mol. The van der Waals surface area contributed by atoms with E-state index in [1.54, 1.807) is 11.9 Å². The Balaban J connectivity index is 0.00000225. The van der Waals surface area contributed by atoms with Crippen LogP contribution in [-0.4, -0.2) is 55.5 Å². The van der Waals surface area contributed by atoms with Crippen LogP contribution in [0.4, 0.5) is 4.39 Å². The van der Waals surface area contributed by atoms with Crippen LogP contribution in [0.3, 0.4) is 0 Å². The lowest BCUT2D eigenvalue weighted by Crippen LogP contribution is -2.44. The molecule has 0 saturated carbocycles. The molecule has 1 amide bonds. The van der Waals surface area contributed by atoms with Gasteiger partial charge in [-0.05, 0) is 81.8 Å². The lowest BCUT2D eigenvalue weighted by atomic mass is 10.0. The lowest BCUT2D eigenvalue weighted by molar-refractivity contribution is 0.0654. The van der Waals surface area contributed by atoms with Gasteiger partial charge in [0.15, 0.2) is 0 Å². The number of piperidine rings is 1. The lowest BCUT2D eigenvalue weighted by Gasteiger charge is -2.35. The molecule has 0 atom stereocenters. The number of nitrogens with two attached hydrogens (primary N) is 1. The third-order valence-corrected chi connectivity index (χ3v) is 5.32. The van der Waals surface area contributed by atoms with Gasteiger partial charge in [-0.15, -0.1) is 24.8 Å². The van der Waals surface area contributed by atoms with Gasteiger partial charge in [0.05, 0.1) is 5.56 Å². The molecule has 2 N–H and O–H groups in total. The van der Waals surface area contributed by atoms with E-state index in [9.17, 15) is 9.18 Å². The Hall–Kier alpha value is -1.86. The summed E-state index contributed by atoms with van der Waals surface area (Å²) in [6.07, 6.45) is 2.59. The minimum absolute atomic E-state index is 0. The highest BCUT2D eigenvalue weighted by Crippen LogP contribution is 2.26. The Morgan fingerprint density at radius 3 is 2.33 bits per heavy atom. The number of amides is 1. The number of ether oxygens (including phenoxy) is 1. The molecular weight excluding hydrogens is 428 g/mol. The fourth-order valence-electron chi connectivity index (χ4n) is 3.50. The third kappa shape index (κ3) is 6.57. The van der Waals surface area contributed by atoms with Gasteiger partial charge in [-0.2, -0.15) is 0 Å². The maximum atomic E-state index is 14.4. The zero-order chi connectivity index (χ0) is 20.1. The summed E-state index contributed by atoms with van der Waals surface area (Å²) in [5.74, 6) is 0.230. The Labute approximate surface area is 190 Å². The summed E-state index contributed by atoms with van der Waals surface area (Å²) in [6.45, 7) is 2.47. The Kier molecular flexibility index (Phi) is 10.6. The number of likely N-dealkylation sites (tertiary alicyclic amines) is 1. The Morgan fingerprint density at radius 2 is 1.73 bits per heavy atom. The van der Waals surface area contributed by atoms with Crippen LogP contribution in [0, 0.1) is 5.82 Å². The molecule has 1 heterocycles. The van der Waals surface area contributed by atoms with Gasteiger partial charge in [0.2, 0.25) is 0 Å². The van der Waals surface area contributed by atoms with Gasteiger partial charge in [0, 0.05) is 13.1 Å². The number of carbonyl (C=O) groups excluding carboxylic acids is 1. The molecule has 5 nitrogen and oxygen atoms in total. The van der Waals surface area contributed by atoms with E-state index >= 15 is 0 Å². The van der Waals surface area contributed by atoms with Crippen molar-refractivity contribution in [1.82, 2.24) is 9.80 Å². The first kappa shape index (κ1) is 26.2. The molecule has 0 unspecified atom stereocenters. The van der Waals surface area contributed by atoms with Gasteiger partial charge >= 0.3 is 0 Å². The van der Waals surface area contributed by atoms with Crippen molar-refractivity contribution >= 4 is 30.7 Å². The van der Waals surface area contributed by atoms with Crippen LogP contribution in [0.25, 0.3) is 0 Å². The maximum Gasteiger partial charge on any atom is 0.256 e. The third-order valence-electron chi connectivity index (χ3n) is 5.32. The van der Waals surface area contributed by atoms with Crippen LogP contribution in [0.15, 0.2) is 42.5 Å². The highest BCUT2D eigenvalue weighted by Gasteiger charge is 2.26. The average molecular weight is 458 g/mol. The highest BCUT2D eigenvalue weighted by atomic mass is 35.5. The summed E-state index contributed by atoms with van der Waals surface area (Å²) >= 11 is 0. The molecule has 0 bridgehead atoms. The molecule has 1 fully saturated rings. The molecule has 3 rings (SSSR count). The van der Waals surface area contributed by atoms with Crippen molar-refractivity contribution < 1.29 is 13.9 Å². The minimum atomic E-state index is -0.532. The zero-order valence-electron chi connectivity index (χ0n) is 17.3. The Bertz CT molecular complexity index is 813. The van der Waals surface area contributed by atoms with E-state index in [1.807, 2.05) is 24.3 Å². The molecule has 0 aliphatic carbocycles. The number of nitrogens with zero attached hydrogens (tertiary/aromatic N) is 2. The summed E-state index contributed by atoms with van der Waals surface area (Å²) in [5, 5.41) is 0. The second-order valence-corrected chi connectivity index (χ2v) is 7.38. The predicted octanol–water partition coefficient (Wildman–Crippen LogP) is 4.13. The topological polar surface area (TPSA) is 58.8 Å². The zero-order valence-corrected chi connectivity index (χ0v) is 19.0. The fourth-order valence-corrected chi connectivity index (χ4v) is 3.50. The molecule has 1 saturated heterocycles. The summed E-state index contributed by atoms with van der Waals surface area (Å²) in [5.41, 5.74) is 6.73. The normalized spacial score (nSPS) is 14.4. The van der Waals surface area contributed by atoms with Gasteiger partial charge in [0.25, 0.3) is 5.91 Å². The molecule has 30 heavy (non-hydrogen) atoms. The smallest absolute Gasteiger partial charge is 0.256 e. The predicted molar refractivity (Wildman–Crippen MR) is 123 cm³/mol. The number of halogens is 3. The van der Waals surface area contributed by atoms with Crippen molar-refractivity contribution in [2.75, 3.05) is 33.7 Å². The van der Waals surface area contributed by atoms with Crippen molar-refractivity contribution in [1.29, 1.82) is 0 Å². The molecular formula is C22H30Cl2FN3O2. The van der Waals surface area contributed by atoms with Crippen molar-refractivity contribution in [3.8, 4) is 11.5 Å². The molecule has 2 aromatic rings. The van der Waals surface area contributed by atoms with Gasteiger partial charge in [-0.1, -0.05) is 12.1 Å². The number of hydrogen-bond donors (Lipinski definition) is 1. The largest absolute Gasteiger partial charge is 0.457 e. The number of benzene rings is 2.